The first kappa shape index (κ1) is 16.6. The molecule has 4 aliphatic rings. The average Bonchev–Trinajstić information content (AvgIpc) is 2.96. The summed E-state index contributed by atoms with van der Waals surface area (Å²) >= 11 is 0. The third kappa shape index (κ3) is 1.91. The second-order valence-corrected chi connectivity index (χ2v) is 7.32. The van der Waals surface area contributed by atoms with Crippen molar-refractivity contribution >= 4 is 39.9 Å². The molecule has 1 unspecified atom stereocenters. The molecule has 1 aliphatic carbocycles. The van der Waals surface area contributed by atoms with Crippen LogP contribution < -0.4 is 4.90 Å². The van der Waals surface area contributed by atoms with E-state index in [9.17, 15) is 24.5 Å². The topological polar surface area (TPSA) is 101 Å². The maximum atomic E-state index is 13.3. The lowest BCUT2D eigenvalue weighted by molar-refractivity contribution is -0.383. The number of non-ortho nitro benzene ring substituents is 1. The molecular weight excluding hydrogens is 362 g/mol. The van der Waals surface area contributed by atoms with Crippen LogP contribution in [0.1, 0.15) is 0 Å². The van der Waals surface area contributed by atoms with Gasteiger partial charge >= 0.3 is 0 Å². The Hall–Kier alpha value is -3.55. The second kappa shape index (κ2) is 5.48. The third-order valence-electron chi connectivity index (χ3n) is 6.06. The molecule has 6 rings (SSSR count). The number of imide groups is 1. The normalized spacial score (nSPS) is 28.4. The molecule has 8 nitrogen and oxygen atoms in total. The molecule has 2 aromatic rings. The highest BCUT2D eigenvalue weighted by Gasteiger charge is 2.61. The number of hydrogen-bond acceptors (Lipinski definition) is 5. The molecule has 4 atom stereocenters. The number of anilines is 1. The Morgan fingerprint density at radius 1 is 0.893 bits per heavy atom. The summed E-state index contributed by atoms with van der Waals surface area (Å²) in [6.45, 7) is 0. The van der Waals surface area contributed by atoms with Gasteiger partial charge in [0.25, 0.3) is 5.69 Å². The van der Waals surface area contributed by atoms with Gasteiger partial charge in [-0.25, -0.2) is 4.90 Å². The van der Waals surface area contributed by atoms with Gasteiger partial charge in [-0.3, -0.25) is 24.5 Å². The van der Waals surface area contributed by atoms with Crippen molar-refractivity contribution in [3.8, 4) is 0 Å². The van der Waals surface area contributed by atoms with E-state index < -0.39 is 34.6 Å². The van der Waals surface area contributed by atoms with Gasteiger partial charge in [-0.15, -0.1) is 0 Å². The zero-order valence-electron chi connectivity index (χ0n) is 14.8. The van der Waals surface area contributed by atoms with Gasteiger partial charge in [-0.1, -0.05) is 30.4 Å². The van der Waals surface area contributed by atoms with Crippen molar-refractivity contribution in [2.45, 2.75) is 6.04 Å². The van der Waals surface area contributed by atoms with Crippen molar-refractivity contribution in [3.05, 3.63) is 58.7 Å². The molecule has 8 heteroatoms. The van der Waals surface area contributed by atoms with E-state index in [0.717, 1.165) is 4.90 Å². The van der Waals surface area contributed by atoms with Crippen LogP contribution in [0.3, 0.4) is 0 Å². The summed E-state index contributed by atoms with van der Waals surface area (Å²) in [5.74, 6) is -2.95. The van der Waals surface area contributed by atoms with E-state index in [2.05, 4.69) is 0 Å². The monoisotopic (exact) mass is 377 g/mol. The minimum atomic E-state index is -0.722. The van der Waals surface area contributed by atoms with Gasteiger partial charge in [0.05, 0.1) is 39.8 Å². The molecule has 0 aromatic heterocycles. The molecule has 0 saturated carbocycles. The number of nitro groups is 1. The number of benzene rings is 2. The van der Waals surface area contributed by atoms with Crippen LogP contribution in [0.25, 0.3) is 10.8 Å². The lowest BCUT2D eigenvalue weighted by Crippen LogP contribution is -2.57. The van der Waals surface area contributed by atoms with Crippen LogP contribution in [0, 0.1) is 27.9 Å². The van der Waals surface area contributed by atoms with Crippen LogP contribution in [0.5, 0.6) is 0 Å². The van der Waals surface area contributed by atoms with Gasteiger partial charge in [0.15, 0.2) is 0 Å². The number of amides is 3. The number of nitrogens with zero attached hydrogens (tertiary/aromatic N) is 3. The highest BCUT2D eigenvalue weighted by atomic mass is 16.6. The number of carbonyl (C=O) groups excluding carboxylic acids is 3. The molecule has 0 spiro atoms. The highest BCUT2D eigenvalue weighted by molar-refractivity contribution is 6.27. The molecule has 3 amide bonds. The minimum Gasteiger partial charge on any atom is -0.338 e. The first-order valence-corrected chi connectivity index (χ1v) is 8.91. The summed E-state index contributed by atoms with van der Waals surface area (Å²) in [6.07, 6.45) is 3.53. The number of rotatable bonds is 2. The van der Waals surface area contributed by atoms with Crippen molar-refractivity contribution in [1.29, 1.82) is 0 Å². The first-order chi connectivity index (χ1) is 13.4. The van der Waals surface area contributed by atoms with Gasteiger partial charge in [0, 0.05) is 18.5 Å². The van der Waals surface area contributed by atoms with Crippen LogP contribution in [0.2, 0.25) is 0 Å². The highest BCUT2D eigenvalue weighted by Crippen LogP contribution is 2.47. The Bertz CT molecular complexity index is 1120. The van der Waals surface area contributed by atoms with E-state index in [1.165, 1.54) is 17.0 Å². The predicted octanol–water partition coefficient (Wildman–Crippen LogP) is 1.88. The fraction of sp³-hybridized carbons (Fsp3) is 0.250. The quantitative estimate of drug-likeness (QED) is 0.344. The van der Waals surface area contributed by atoms with Crippen LogP contribution >= 0.6 is 0 Å². The van der Waals surface area contributed by atoms with Crippen LogP contribution in [-0.2, 0) is 14.4 Å². The SMILES string of the molecule is CN1C(=O)[C@@H]2C=C[C@H]1C1C(=O)N(c3ccc([N+](=O)[O-])c4ccccc34)C(=O)[C@H]12. The summed E-state index contributed by atoms with van der Waals surface area (Å²) in [5.41, 5.74) is 0.229. The summed E-state index contributed by atoms with van der Waals surface area (Å²) in [4.78, 5) is 52.5. The molecule has 2 saturated heterocycles. The van der Waals surface area contributed by atoms with E-state index in [1.807, 2.05) is 6.08 Å². The zero-order chi connectivity index (χ0) is 19.7. The van der Waals surface area contributed by atoms with E-state index in [0.29, 0.717) is 16.5 Å². The lowest BCUT2D eigenvalue weighted by atomic mass is 9.70. The Labute approximate surface area is 159 Å². The summed E-state index contributed by atoms with van der Waals surface area (Å²) in [6, 6.07) is 8.93. The molecule has 3 aliphatic heterocycles. The number of carbonyl (C=O) groups is 3. The Kier molecular flexibility index (Phi) is 3.25. The van der Waals surface area contributed by atoms with Gasteiger partial charge in [-0.2, -0.15) is 0 Å². The fourth-order valence-corrected chi connectivity index (χ4v) is 4.77. The van der Waals surface area contributed by atoms with Crippen molar-refractivity contribution in [2.24, 2.45) is 17.8 Å². The van der Waals surface area contributed by atoms with Crippen LogP contribution in [-0.4, -0.2) is 40.6 Å². The van der Waals surface area contributed by atoms with E-state index in [1.54, 1.807) is 37.4 Å². The number of piperidine rings is 1. The van der Waals surface area contributed by atoms with Gasteiger partial charge in [0.2, 0.25) is 17.7 Å². The van der Waals surface area contributed by atoms with E-state index in [4.69, 9.17) is 0 Å². The average molecular weight is 377 g/mol. The van der Waals surface area contributed by atoms with E-state index in [-0.39, 0.29) is 17.5 Å². The number of likely N-dealkylation sites (N-methyl/N-ethyl adjacent to an activating group) is 1. The van der Waals surface area contributed by atoms with Crippen molar-refractivity contribution in [2.75, 3.05) is 11.9 Å². The van der Waals surface area contributed by atoms with Crippen LogP contribution in [0.4, 0.5) is 11.4 Å². The Morgan fingerprint density at radius 3 is 2.29 bits per heavy atom. The maximum Gasteiger partial charge on any atom is 0.277 e. The molecule has 2 aromatic carbocycles. The van der Waals surface area contributed by atoms with Crippen molar-refractivity contribution in [3.63, 3.8) is 0 Å². The zero-order valence-corrected chi connectivity index (χ0v) is 14.8. The van der Waals surface area contributed by atoms with Crippen LogP contribution in [0.15, 0.2) is 48.6 Å². The number of fused-ring (bicyclic) bond motifs is 2. The Morgan fingerprint density at radius 2 is 1.57 bits per heavy atom. The Balaban J connectivity index is 1.67. The standard InChI is InChI=1S/C20H15N3O5/c1-21-15-7-6-12(18(21)24)16-17(15)20(26)22(19(16)25)13-8-9-14(23(27)28)11-5-3-2-4-10(11)13/h2-9,12,15-17H,1H3/t12-,15+,16+,17?/m1/s1. The molecule has 2 bridgehead atoms. The van der Waals surface area contributed by atoms with Gasteiger partial charge < -0.3 is 4.90 Å². The molecule has 0 radical (unpaired) electrons. The minimum absolute atomic E-state index is 0.0903. The largest absolute Gasteiger partial charge is 0.338 e. The molecular formula is C20H15N3O5. The smallest absolute Gasteiger partial charge is 0.277 e. The molecule has 140 valence electrons. The van der Waals surface area contributed by atoms with Gasteiger partial charge in [0.1, 0.15) is 0 Å². The summed E-state index contributed by atoms with van der Waals surface area (Å²) in [7, 11) is 1.64. The number of hydrogen-bond donors (Lipinski definition) is 0. The van der Waals surface area contributed by atoms with Gasteiger partial charge in [-0.05, 0) is 12.1 Å². The van der Waals surface area contributed by atoms with E-state index >= 15 is 0 Å². The number of nitro benzene ring substituents is 1. The first-order valence-electron chi connectivity index (χ1n) is 8.91. The summed E-state index contributed by atoms with van der Waals surface area (Å²) < 4.78 is 0. The second-order valence-electron chi connectivity index (χ2n) is 7.32. The predicted molar refractivity (Wildman–Crippen MR) is 99.3 cm³/mol. The molecule has 28 heavy (non-hydrogen) atoms. The third-order valence-corrected chi connectivity index (χ3v) is 6.06. The fourth-order valence-electron chi connectivity index (χ4n) is 4.77. The lowest BCUT2D eigenvalue weighted by Gasteiger charge is -2.44. The maximum absolute atomic E-state index is 13.3. The van der Waals surface area contributed by atoms with Crippen molar-refractivity contribution in [1.82, 2.24) is 4.90 Å². The molecule has 0 N–H and O–H groups in total. The van der Waals surface area contributed by atoms with Crippen molar-refractivity contribution < 1.29 is 19.3 Å². The summed E-state index contributed by atoms with van der Waals surface area (Å²) in [5, 5.41) is 12.2. The molecule has 3 heterocycles. The molecule has 2 fully saturated rings.